The molecule has 18 heavy (non-hydrogen) atoms. The molecule has 90 valence electrons. The van der Waals surface area contributed by atoms with Crippen molar-refractivity contribution >= 4 is 5.69 Å². The van der Waals surface area contributed by atoms with Crippen molar-refractivity contribution < 1.29 is 13.2 Å². The van der Waals surface area contributed by atoms with Crippen LogP contribution in [0.2, 0.25) is 0 Å². The van der Waals surface area contributed by atoms with Crippen LogP contribution < -0.4 is 0 Å². The lowest BCUT2D eigenvalue weighted by Crippen LogP contribution is -2.05. The van der Waals surface area contributed by atoms with E-state index in [0.717, 1.165) is 6.07 Å². The van der Waals surface area contributed by atoms with Crippen LogP contribution in [0, 0.1) is 6.57 Å². The van der Waals surface area contributed by atoms with Crippen LogP contribution in [-0.4, -0.2) is 0 Å². The fraction of sp³-hybridized carbons (Fsp3) is 0.0714. The number of rotatable bonds is 1. The lowest BCUT2D eigenvalue weighted by atomic mass is 10.0. The van der Waals surface area contributed by atoms with Gasteiger partial charge in [0.05, 0.1) is 12.1 Å². The number of halogens is 3. The molecule has 0 unspecified atom stereocenters. The minimum absolute atomic E-state index is 0.373. The van der Waals surface area contributed by atoms with E-state index in [1.54, 1.807) is 30.3 Å². The Kier molecular flexibility index (Phi) is 3.07. The average Bonchev–Trinajstić information content (AvgIpc) is 2.38. The summed E-state index contributed by atoms with van der Waals surface area (Å²) in [6.07, 6.45) is -4.51. The lowest BCUT2D eigenvalue weighted by molar-refractivity contribution is -0.136. The van der Waals surface area contributed by atoms with Crippen molar-refractivity contribution in [3.8, 4) is 11.1 Å². The fourth-order valence-corrected chi connectivity index (χ4v) is 1.67. The number of hydrogen-bond donors (Lipinski definition) is 0. The fourth-order valence-electron chi connectivity index (χ4n) is 1.67. The molecule has 0 saturated carbocycles. The minimum atomic E-state index is -4.51. The summed E-state index contributed by atoms with van der Waals surface area (Å²) in [5.74, 6) is 0. The molecular weight excluding hydrogens is 239 g/mol. The van der Waals surface area contributed by atoms with Gasteiger partial charge in [0.15, 0.2) is 5.69 Å². The molecule has 0 aliphatic rings. The Labute approximate surface area is 102 Å². The summed E-state index contributed by atoms with van der Waals surface area (Å²) in [5, 5.41) is 0. The molecule has 0 aliphatic heterocycles. The van der Waals surface area contributed by atoms with Crippen LogP contribution in [0.25, 0.3) is 16.0 Å². The highest BCUT2D eigenvalue weighted by Gasteiger charge is 2.33. The van der Waals surface area contributed by atoms with E-state index in [1.165, 1.54) is 12.1 Å². The van der Waals surface area contributed by atoms with Gasteiger partial charge in [-0.3, -0.25) is 0 Å². The van der Waals surface area contributed by atoms with Crippen LogP contribution in [0.1, 0.15) is 5.56 Å². The van der Waals surface area contributed by atoms with Gasteiger partial charge < -0.3 is 0 Å². The summed E-state index contributed by atoms with van der Waals surface area (Å²) >= 11 is 0. The van der Waals surface area contributed by atoms with Gasteiger partial charge in [-0.25, -0.2) is 4.85 Å². The van der Waals surface area contributed by atoms with Crippen molar-refractivity contribution in [2.75, 3.05) is 0 Å². The molecule has 0 atom stereocenters. The molecule has 0 saturated heterocycles. The first-order valence-electron chi connectivity index (χ1n) is 5.16. The van der Waals surface area contributed by atoms with E-state index in [-0.39, 0.29) is 5.69 Å². The Morgan fingerprint density at radius 1 is 0.889 bits per heavy atom. The van der Waals surface area contributed by atoms with Crippen LogP contribution in [0.5, 0.6) is 0 Å². The van der Waals surface area contributed by atoms with Crippen molar-refractivity contribution in [2.45, 2.75) is 6.18 Å². The standard InChI is InChI=1S/C14H8F3N/c1-18-13-8-7-11(9-12(13)14(15,16)17)10-5-3-2-4-6-10/h2-9H. The second-order valence-corrected chi connectivity index (χ2v) is 3.71. The maximum absolute atomic E-state index is 12.8. The molecule has 0 N–H and O–H groups in total. The number of alkyl halides is 3. The second-order valence-electron chi connectivity index (χ2n) is 3.71. The van der Waals surface area contributed by atoms with Crippen molar-refractivity contribution in [1.82, 2.24) is 0 Å². The van der Waals surface area contributed by atoms with E-state index < -0.39 is 11.7 Å². The SMILES string of the molecule is [C-]#[N+]c1ccc(-c2ccccc2)cc1C(F)(F)F. The largest absolute Gasteiger partial charge is 0.407 e. The summed E-state index contributed by atoms with van der Waals surface area (Å²) in [6, 6.07) is 12.5. The number of nitrogens with zero attached hydrogens (tertiary/aromatic N) is 1. The predicted molar refractivity (Wildman–Crippen MR) is 63.1 cm³/mol. The van der Waals surface area contributed by atoms with Crippen molar-refractivity contribution in [2.24, 2.45) is 0 Å². The van der Waals surface area contributed by atoms with Gasteiger partial charge in [-0.1, -0.05) is 48.5 Å². The smallest absolute Gasteiger partial charge is 0.238 e. The topological polar surface area (TPSA) is 4.36 Å². The average molecular weight is 247 g/mol. The molecule has 2 aromatic carbocycles. The Morgan fingerprint density at radius 2 is 1.56 bits per heavy atom. The molecule has 0 bridgehead atoms. The zero-order chi connectivity index (χ0) is 13.2. The maximum atomic E-state index is 12.8. The van der Waals surface area contributed by atoms with Crippen molar-refractivity contribution in [3.05, 3.63) is 65.5 Å². The molecule has 2 rings (SSSR count). The summed E-state index contributed by atoms with van der Waals surface area (Å²) in [4.78, 5) is 2.90. The summed E-state index contributed by atoms with van der Waals surface area (Å²) < 4.78 is 38.4. The predicted octanol–water partition coefficient (Wildman–Crippen LogP) is 4.92. The maximum Gasteiger partial charge on any atom is 0.407 e. The minimum Gasteiger partial charge on any atom is -0.238 e. The molecule has 4 heteroatoms. The third-order valence-corrected chi connectivity index (χ3v) is 2.53. The summed E-state index contributed by atoms with van der Waals surface area (Å²) in [7, 11) is 0. The van der Waals surface area contributed by atoms with E-state index in [2.05, 4.69) is 4.85 Å². The highest BCUT2D eigenvalue weighted by molar-refractivity contribution is 5.69. The second kappa shape index (κ2) is 4.53. The van der Waals surface area contributed by atoms with Gasteiger partial charge >= 0.3 is 6.18 Å². The van der Waals surface area contributed by atoms with Gasteiger partial charge in [0.2, 0.25) is 0 Å². The third kappa shape index (κ3) is 2.35. The Hall–Kier alpha value is -2.28. The molecule has 0 fully saturated rings. The molecule has 2 aromatic rings. The molecule has 1 nitrogen and oxygen atoms in total. The number of benzene rings is 2. The van der Waals surface area contributed by atoms with Crippen LogP contribution >= 0.6 is 0 Å². The molecule has 0 heterocycles. The highest BCUT2D eigenvalue weighted by atomic mass is 19.4. The molecule has 0 radical (unpaired) electrons. The van der Waals surface area contributed by atoms with Crippen molar-refractivity contribution in [1.29, 1.82) is 0 Å². The summed E-state index contributed by atoms with van der Waals surface area (Å²) in [6.45, 7) is 6.76. The van der Waals surface area contributed by atoms with Crippen LogP contribution in [-0.2, 0) is 6.18 Å². The molecule has 0 amide bonds. The normalized spacial score (nSPS) is 11.0. The highest BCUT2D eigenvalue weighted by Crippen LogP contribution is 2.38. The number of hydrogen-bond acceptors (Lipinski definition) is 0. The molecule has 0 aromatic heterocycles. The van der Waals surface area contributed by atoms with E-state index in [9.17, 15) is 13.2 Å². The van der Waals surface area contributed by atoms with Gasteiger partial charge in [-0.05, 0) is 11.1 Å². The first-order chi connectivity index (χ1) is 8.52. The molecular formula is C14H8F3N. The van der Waals surface area contributed by atoms with Crippen LogP contribution in [0.15, 0.2) is 48.5 Å². The van der Waals surface area contributed by atoms with Gasteiger partial charge in [0.1, 0.15) is 0 Å². The third-order valence-electron chi connectivity index (χ3n) is 2.53. The van der Waals surface area contributed by atoms with Crippen LogP contribution in [0.4, 0.5) is 18.9 Å². The first kappa shape index (κ1) is 12.2. The quantitative estimate of drug-likeness (QED) is 0.630. The lowest BCUT2D eigenvalue weighted by Gasteiger charge is -2.11. The zero-order valence-corrected chi connectivity index (χ0v) is 9.20. The van der Waals surface area contributed by atoms with Gasteiger partial charge in [-0.2, -0.15) is 13.2 Å². The van der Waals surface area contributed by atoms with E-state index in [1.807, 2.05) is 0 Å². The Balaban J connectivity index is 2.58. The summed E-state index contributed by atoms with van der Waals surface area (Å²) in [5.41, 5.74) is -0.115. The van der Waals surface area contributed by atoms with Crippen molar-refractivity contribution in [3.63, 3.8) is 0 Å². The molecule has 0 spiro atoms. The first-order valence-corrected chi connectivity index (χ1v) is 5.16. The van der Waals surface area contributed by atoms with E-state index >= 15 is 0 Å². The van der Waals surface area contributed by atoms with Gasteiger partial charge in [0, 0.05) is 0 Å². The van der Waals surface area contributed by atoms with Gasteiger partial charge in [0.25, 0.3) is 0 Å². The monoisotopic (exact) mass is 247 g/mol. The van der Waals surface area contributed by atoms with E-state index in [0.29, 0.717) is 11.1 Å². The van der Waals surface area contributed by atoms with E-state index in [4.69, 9.17) is 6.57 Å². The Morgan fingerprint density at radius 3 is 2.11 bits per heavy atom. The van der Waals surface area contributed by atoms with Gasteiger partial charge in [-0.15, -0.1) is 0 Å². The van der Waals surface area contributed by atoms with Crippen LogP contribution in [0.3, 0.4) is 0 Å². The Bertz CT molecular complexity index is 595. The molecule has 0 aliphatic carbocycles. The zero-order valence-electron chi connectivity index (χ0n) is 9.20.